The summed E-state index contributed by atoms with van der Waals surface area (Å²) in [5, 5.41) is 4.40. The smallest absolute Gasteiger partial charge is 0.0148 e. The lowest BCUT2D eigenvalue weighted by Crippen LogP contribution is -1.26. The highest BCUT2D eigenvalue weighted by atomic mass is 32.1. The van der Waals surface area contributed by atoms with Crippen LogP contribution in [0, 0.1) is 0 Å². The Kier molecular flexibility index (Phi) is 8.49. The van der Waals surface area contributed by atoms with Crippen molar-refractivity contribution in [3.8, 4) is 0 Å². The second kappa shape index (κ2) is 10.0. The largest absolute Gasteiger partial charge is 0.0176 e. The van der Waals surface area contributed by atoms with Gasteiger partial charge in [-0.25, -0.2) is 0 Å². The Balaban J connectivity index is 5.52. The van der Waals surface area contributed by atoms with E-state index in [0.29, 0.717) is 0 Å². The molecule has 2 heteroatoms. The molecule has 0 saturated carbocycles. The monoisotopic (exact) mass is 196 g/mol. The topological polar surface area (TPSA) is 0 Å². The van der Waals surface area contributed by atoms with Crippen molar-refractivity contribution < 1.29 is 0 Å². The van der Waals surface area contributed by atoms with E-state index in [2.05, 4.69) is 86.1 Å². The molecule has 0 bridgehead atoms. The first kappa shape index (κ1) is 11.0. The standard InChI is InChI=1S/C11S2/c12-10-8-6-4-2-1-3-5-7-9-11-13. The van der Waals surface area contributed by atoms with E-state index in [4.69, 9.17) is 0 Å². The molecule has 0 radical (unpaired) electrons. The third-order valence-corrected chi connectivity index (χ3v) is 0.806. The predicted molar refractivity (Wildman–Crippen MR) is 56.8 cm³/mol. The van der Waals surface area contributed by atoms with E-state index in [1.54, 1.807) is 0 Å². The van der Waals surface area contributed by atoms with Crippen LogP contribution in [0.15, 0.2) is 51.6 Å². The van der Waals surface area contributed by atoms with Gasteiger partial charge < -0.3 is 0 Å². The molecule has 0 heterocycles. The van der Waals surface area contributed by atoms with Crippen LogP contribution in [0.3, 0.4) is 0 Å². The van der Waals surface area contributed by atoms with Gasteiger partial charge in [-0.05, 0) is 24.4 Å². The summed E-state index contributed by atoms with van der Waals surface area (Å²) < 4.78 is 0. The SMILES string of the molecule is S=C=C=C=C=C=C=C=C=C=C=C=S. The highest BCUT2D eigenvalue weighted by Gasteiger charge is 1.39. The fraction of sp³-hybridized carbons (Fsp3) is 0. The minimum Gasteiger partial charge on any atom is -0.0176 e. The van der Waals surface area contributed by atoms with E-state index in [1.165, 1.54) is 0 Å². The predicted octanol–water partition coefficient (Wildman–Crippen LogP) is 2.14. The first-order chi connectivity index (χ1) is 6.41. The van der Waals surface area contributed by atoms with Crippen molar-refractivity contribution in [2.45, 2.75) is 0 Å². The molecule has 0 saturated heterocycles. The van der Waals surface area contributed by atoms with Crippen LogP contribution < -0.4 is 0 Å². The third kappa shape index (κ3) is 10.0. The van der Waals surface area contributed by atoms with E-state index >= 15 is 0 Å². The van der Waals surface area contributed by atoms with Gasteiger partial charge in [-0.1, -0.05) is 0 Å². The Bertz CT molecular complexity index is 518. The first-order valence-electron chi connectivity index (χ1n) is 2.91. The number of rotatable bonds is 0. The van der Waals surface area contributed by atoms with Crippen LogP contribution in [-0.2, 0) is 0 Å². The second-order valence-corrected chi connectivity index (χ2v) is 1.74. The minimum absolute atomic E-state index is 2.20. The van der Waals surface area contributed by atoms with Crippen molar-refractivity contribution in [3.05, 3.63) is 51.6 Å². The lowest BCUT2D eigenvalue weighted by Gasteiger charge is -1.38. The van der Waals surface area contributed by atoms with Gasteiger partial charge in [0.25, 0.3) is 0 Å². The van der Waals surface area contributed by atoms with Gasteiger partial charge in [-0.2, -0.15) is 0 Å². The molecule has 0 N–H and O–H groups in total. The van der Waals surface area contributed by atoms with E-state index in [-0.39, 0.29) is 0 Å². The van der Waals surface area contributed by atoms with Crippen molar-refractivity contribution in [1.29, 1.82) is 0 Å². The van der Waals surface area contributed by atoms with Gasteiger partial charge in [0.15, 0.2) is 0 Å². The quantitative estimate of drug-likeness (QED) is 0.430. The zero-order chi connectivity index (χ0) is 9.78. The molecule has 0 fully saturated rings. The summed E-state index contributed by atoms with van der Waals surface area (Å²) in [7, 11) is 0. The van der Waals surface area contributed by atoms with E-state index in [1.807, 2.05) is 0 Å². The molecule has 0 aliphatic carbocycles. The van der Waals surface area contributed by atoms with Crippen molar-refractivity contribution >= 4 is 34.5 Å². The van der Waals surface area contributed by atoms with Crippen molar-refractivity contribution in [3.63, 3.8) is 0 Å². The molecule has 0 nitrogen and oxygen atoms in total. The summed E-state index contributed by atoms with van der Waals surface area (Å²) in [5.41, 5.74) is 21.8. The molecular formula is C11S2. The maximum Gasteiger partial charge on any atom is 0.0148 e. The average Bonchev–Trinajstić information content (AvgIpc) is 2.16. The van der Waals surface area contributed by atoms with Crippen LogP contribution >= 0.6 is 24.4 Å². The first-order valence-corrected chi connectivity index (χ1v) is 3.72. The summed E-state index contributed by atoms with van der Waals surface area (Å²) in [6.45, 7) is 0. The molecule has 0 aromatic rings. The maximum atomic E-state index is 4.33. The van der Waals surface area contributed by atoms with Gasteiger partial charge in [0.05, 0.1) is 0 Å². The van der Waals surface area contributed by atoms with Gasteiger partial charge in [0.2, 0.25) is 0 Å². The second-order valence-electron chi connectivity index (χ2n) is 1.33. The third-order valence-electron chi connectivity index (χ3n) is 0.602. The van der Waals surface area contributed by atoms with Gasteiger partial charge in [0, 0.05) is 61.6 Å². The van der Waals surface area contributed by atoms with Crippen molar-refractivity contribution in [2.24, 2.45) is 0 Å². The Morgan fingerprint density at radius 3 is 0.846 bits per heavy atom. The number of hydrogen-bond acceptors (Lipinski definition) is 2. The van der Waals surface area contributed by atoms with E-state index in [9.17, 15) is 0 Å². The molecule has 0 spiro atoms. The molecular weight excluding hydrogens is 196 g/mol. The maximum absolute atomic E-state index is 4.33. The summed E-state index contributed by atoms with van der Waals surface area (Å²) >= 11 is 8.65. The molecule has 0 rings (SSSR count). The molecule has 56 valence electrons. The van der Waals surface area contributed by atoms with Gasteiger partial charge in [0.1, 0.15) is 0 Å². The summed E-state index contributed by atoms with van der Waals surface area (Å²) in [6, 6.07) is 0. The zero-order valence-electron chi connectivity index (χ0n) is 6.32. The normalized spacial score (nSPS) is 3.69. The van der Waals surface area contributed by atoms with Crippen molar-refractivity contribution in [1.82, 2.24) is 0 Å². The lowest BCUT2D eigenvalue weighted by atomic mass is 10.6. The average molecular weight is 196 g/mol. The summed E-state index contributed by atoms with van der Waals surface area (Å²) in [6.07, 6.45) is 0. The molecule has 0 aliphatic rings. The van der Waals surface area contributed by atoms with Crippen LogP contribution in [0.5, 0.6) is 0 Å². The fourth-order valence-electron chi connectivity index (χ4n) is 0.270. The molecule has 0 unspecified atom stereocenters. The Morgan fingerprint density at radius 2 is 0.615 bits per heavy atom. The molecule has 0 aliphatic heterocycles. The van der Waals surface area contributed by atoms with Crippen LogP contribution in [0.2, 0.25) is 0 Å². The minimum atomic E-state index is 2.20. The number of hydrogen-bond donors (Lipinski definition) is 0. The Hall–Kier alpha value is -1.98. The zero-order valence-corrected chi connectivity index (χ0v) is 7.95. The van der Waals surface area contributed by atoms with E-state index < -0.39 is 0 Å². The highest BCUT2D eigenvalue weighted by molar-refractivity contribution is 7.78. The van der Waals surface area contributed by atoms with Crippen LogP contribution in [0.4, 0.5) is 0 Å². The summed E-state index contributed by atoms with van der Waals surface area (Å²) in [5.74, 6) is 0. The molecule has 0 atom stereocenters. The molecule has 0 aromatic carbocycles. The molecule has 0 amide bonds. The van der Waals surface area contributed by atoms with Gasteiger partial charge >= 0.3 is 0 Å². The van der Waals surface area contributed by atoms with Gasteiger partial charge in [-0.3, -0.25) is 0 Å². The Labute approximate surface area is 86.2 Å². The van der Waals surface area contributed by atoms with Crippen LogP contribution in [0.1, 0.15) is 0 Å². The highest BCUT2D eigenvalue weighted by Crippen LogP contribution is 1.53. The van der Waals surface area contributed by atoms with Gasteiger partial charge in [-0.15, -0.1) is 0 Å². The lowest BCUT2D eigenvalue weighted by molar-refractivity contribution is 2.16. The van der Waals surface area contributed by atoms with Crippen LogP contribution in [-0.4, -0.2) is 10.0 Å². The molecule has 13 heavy (non-hydrogen) atoms. The van der Waals surface area contributed by atoms with Crippen molar-refractivity contribution in [2.75, 3.05) is 0 Å². The summed E-state index contributed by atoms with van der Waals surface area (Å²) in [4.78, 5) is 0. The van der Waals surface area contributed by atoms with Crippen LogP contribution in [0.25, 0.3) is 0 Å². The molecule has 0 aromatic heterocycles. The Morgan fingerprint density at radius 1 is 0.385 bits per heavy atom. The van der Waals surface area contributed by atoms with E-state index in [0.717, 1.165) is 0 Å². The fourth-order valence-corrected chi connectivity index (χ4v) is 0.372. The number of thiocarbonyl (C=S) groups is 2.